The summed E-state index contributed by atoms with van der Waals surface area (Å²) in [6.07, 6.45) is 0.356. The Hall–Kier alpha value is -2.34. The number of hydrogen-bond donors (Lipinski definition) is 2. The largest absolute Gasteiger partial charge is 0.349 e. The van der Waals surface area contributed by atoms with Crippen molar-refractivity contribution in [2.24, 2.45) is 0 Å². The number of hydrogen-bond acceptors (Lipinski definition) is 3. The fourth-order valence-electron chi connectivity index (χ4n) is 1.66. The number of amides is 3. The minimum atomic E-state index is -0.283. The average Bonchev–Trinajstić information content (AvgIpc) is 2.93. The lowest BCUT2D eigenvalue weighted by Crippen LogP contribution is -2.23. The van der Waals surface area contributed by atoms with Crippen LogP contribution < -0.4 is 10.6 Å². The Morgan fingerprint density at radius 3 is 2.38 bits per heavy atom. The first-order valence-electron chi connectivity index (χ1n) is 6.45. The van der Waals surface area contributed by atoms with Gasteiger partial charge < -0.3 is 10.2 Å². The van der Waals surface area contributed by atoms with E-state index in [4.69, 9.17) is 0 Å². The standard InChI is InChI=1S/C15H17N3O2S/c1-18(2)14(19)10-11-5-7-12(8-6-11)16-15(20)17-13-4-3-9-21-13/h3-9H,10H2,1-2H3,(H2,16,17,20). The zero-order valence-electron chi connectivity index (χ0n) is 11.9. The molecule has 21 heavy (non-hydrogen) atoms. The molecule has 110 valence electrons. The van der Waals surface area contributed by atoms with Crippen LogP contribution in [0.25, 0.3) is 0 Å². The lowest BCUT2D eigenvalue weighted by molar-refractivity contribution is -0.127. The number of benzene rings is 1. The van der Waals surface area contributed by atoms with E-state index >= 15 is 0 Å². The van der Waals surface area contributed by atoms with Crippen molar-refractivity contribution in [1.82, 2.24) is 4.90 Å². The summed E-state index contributed by atoms with van der Waals surface area (Å²) in [4.78, 5) is 24.9. The smallest absolute Gasteiger partial charge is 0.324 e. The molecule has 0 fully saturated rings. The van der Waals surface area contributed by atoms with Crippen LogP contribution in [-0.4, -0.2) is 30.9 Å². The maximum Gasteiger partial charge on any atom is 0.324 e. The molecule has 6 heteroatoms. The van der Waals surface area contributed by atoms with E-state index in [1.807, 2.05) is 29.6 Å². The number of thiophene rings is 1. The molecule has 2 rings (SSSR count). The van der Waals surface area contributed by atoms with Gasteiger partial charge in [-0.3, -0.25) is 10.1 Å². The minimum absolute atomic E-state index is 0.0474. The molecule has 1 aromatic heterocycles. The van der Waals surface area contributed by atoms with Crippen LogP contribution in [0.2, 0.25) is 0 Å². The molecular formula is C15H17N3O2S. The summed E-state index contributed by atoms with van der Waals surface area (Å²) >= 11 is 1.46. The second-order valence-corrected chi connectivity index (χ2v) is 5.67. The van der Waals surface area contributed by atoms with Gasteiger partial charge in [0.2, 0.25) is 5.91 Å². The highest BCUT2D eigenvalue weighted by molar-refractivity contribution is 7.14. The molecule has 0 spiro atoms. The summed E-state index contributed by atoms with van der Waals surface area (Å²) in [6, 6.07) is 10.7. The monoisotopic (exact) mass is 303 g/mol. The molecule has 0 bridgehead atoms. The molecule has 1 aromatic carbocycles. The number of carbonyl (C=O) groups excluding carboxylic acids is 2. The lowest BCUT2D eigenvalue weighted by Gasteiger charge is -2.10. The maximum absolute atomic E-state index is 11.8. The van der Waals surface area contributed by atoms with Crippen LogP contribution in [0, 0.1) is 0 Å². The van der Waals surface area contributed by atoms with Crippen molar-refractivity contribution in [2.45, 2.75) is 6.42 Å². The SMILES string of the molecule is CN(C)C(=O)Cc1ccc(NC(=O)Nc2cccs2)cc1. The third-order valence-electron chi connectivity index (χ3n) is 2.82. The fraction of sp³-hybridized carbons (Fsp3) is 0.200. The van der Waals surface area contributed by atoms with E-state index in [1.165, 1.54) is 11.3 Å². The van der Waals surface area contributed by atoms with E-state index in [2.05, 4.69) is 10.6 Å². The summed E-state index contributed by atoms with van der Waals surface area (Å²) in [5.41, 5.74) is 1.60. The number of nitrogens with one attached hydrogen (secondary N) is 2. The Morgan fingerprint density at radius 1 is 1.10 bits per heavy atom. The van der Waals surface area contributed by atoms with Gasteiger partial charge in [0.1, 0.15) is 0 Å². The molecule has 0 radical (unpaired) electrons. The van der Waals surface area contributed by atoms with Crippen LogP contribution >= 0.6 is 11.3 Å². The van der Waals surface area contributed by atoms with Gasteiger partial charge in [0.15, 0.2) is 0 Å². The topological polar surface area (TPSA) is 61.4 Å². The van der Waals surface area contributed by atoms with Gasteiger partial charge in [-0.25, -0.2) is 4.79 Å². The van der Waals surface area contributed by atoms with Crippen molar-refractivity contribution in [1.29, 1.82) is 0 Å². The van der Waals surface area contributed by atoms with Crippen LogP contribution in [0.4, 0.5) is 15.5 Å². The lowest BCUT2D eigenvalue weighted by atomic mass is 10.1. The van der Waals surface area contributed by atoms with Crippen molar-refractivity contribution < 1.29 is 9.59 Å². The Morgan fingerprint density at radius 2 is 1.81 bits per heavy atom. The molecule has 0 unspecified atom stereocenters. The second-order valence-electron chi connectivity index (χ2n) is 4.72. The Kier molecular flexibility index (Phi) is 4.94. The molecular weight excluding hydrogens is 286 g/mol. The molecule has 0 aliphatic carbocycles. The van der Waals surface area contributed by atoms with E-state index in [0.29, 0.717) is 12.1 Å². The first kappa shape index (κ1) is 15.1. The third-order valence-corrected chi connectivity index (χ3v) is 3.61. The molecule has 0 saturated heterocycles. The predicted molar refractivity (Wildman–Crippen MR) is 85.8 cm³/mol. The molecule has 0 saturated carbocycles. The van der Waals surface area contributed by atoms with Crippen molar-refractivity contribution in [2.75, 3.05) is 24.7 Å². The molecule has 0 aliphatic heterocycles. The van der Waals surface area contributed by atoms with Gasteiger partial charge in [-0.05, 0) is 35.2 Å². The third kappa shape index (κ3) is 4.61. The maximum atomic E-state index is 11.8. The Labute approximate surface area is 127 Å². The predicted octanol–water partition coefficient (Wildman–Crippen LogP) is 3.02. The minimum Gasteiger partial charge on any atom is -0.349 e. The molecule has 0 aliphatic rings. The van der Waals surface area contributed by atoms with Crippen molar-refractivity contribution >= 4 is 34.0 Å². The highest BCUT2D eigenvalue weighted by Gasteiger charge is 2.06. The van der Waals surface area contributed by atoms with E-state index in [-0.39, 0.29) is 11.9 Å². The van der Waals surface area contributed by atoms with E-state index in [9.17, 15) is 9.59 Å². The van der Waals surface area contributed by atoms with E-state index < -0.39 is 0 Å². The number of urea groups is 1. The molecule has 5 nitrogen and oxygen atoms in total. The van der Waals surface area contributed by atoms with Gasteiger partial charge in [0.05, 0.1) is 11.4 Å². The first-order chi connectivity index (χ1) is 10.0. The van der Waals surface area contributed by atoms with Crippen molar-refractivity contribution in [3.8, 4) is 0 Å². The van der Waals surface area contributed by atoms with Gasteiger partial charge in [-0.15, -0.1) is 11.3 Å². The summed E-state index contributed by atoms with van der Waals surface area (Å²) in [6.45, 7) is 0. The highest BCUT2D eigenvalue weighted by Crippen LogP contribution is 2.16. The highest BCUT2D eigenvalue weighted by atomic mass is 32.1. The molecule has 2 aromatic rings. The Balaban J connectivity index is 1.90. The van der Waals surface area contributed by atoms with Crippen molar-refractivity contribution in [3.05, 3.63) is 47.3 Å². The van der Waals surface area contributed by atoms with Crippen LogP contribution in [0.3, 0.4) is 0 Å². The van der Waals surface area contributed by atoms with Crippen molar-refractivity contribution in [3.63, 3.8) is 0 Å². The number of anilines is 2. The molecule has 1 heterocycles. The quantitative estimate of drug-likeness (QED) is 0.912. The van der Waals surface area contributed by atoms with Gasteiger partial charge in [-0.2, -0.15) is 0 Å². The summed E-state index contributed by atoms with van der Waals surface area (Å²) < 4.78 is 0. The van der Waals surface area contributed by atoms with E-state index in [0.717, 1.165) is 10.6 Å². The normalized spacial score (nSPS) is 10.0. The first-order valence-corrected chi connectivity index (χ1v) is 7.33. The van der Waals surface area contributed by atoms with Gasteiger partial charge >= 0.3 is 6.03 Å². The second kappa shape index (κ2) is 6.90. The van der Waals surface area contributed by atoms with Gasteiger partial charge in [-0.1, -0.05) is 12.1 Å². The zero-order chi connectivity index (χ0) is 15.2. The van der Waals surface area contributed by atoms with Crippen LogP contribution in [-0.2, 0) is 11.2 Å². The number of likely N-dealkylation sites (N-methyl/N-ethyl adjacent to an activating group) is 1. The summed E-state index contributed by atoms with van der Waals surface area (Å²) in [5, 5.41) is 8.17. The average molecular weight is 303 g/mol. The number of carbonyl (C=O) groups is 2. The van der Waals surface area contributed by atoms with Crippen LogP contribution in [0.5, 0.6) is 0 Å². The summed E-state index contributed by atoms with van der Waals surface area (Å²) in [7, 11) is 3.46. The Bertz CT molecular complexity index is 606. The number of nitrogens with zero attached hydrogens (tertiary/aromatic N) is 1. The zero-order valence-corrected chi connectivity index (χ0v) is 12.7. The molecule has 0 atom stereocenters. The molecule has 3 amide bonds. The molecule has 2 N–H and O–H groups in total. The van der Waals surface area contributed by atoms with Gasteiger partial charge in [0, 0.05) is 19.8 Å². The number of rotatable bonds is 4. The van der Waals surface area contributed by atoms with Crippen LogP contribution in [0.15, 0.2) is 41.8 Å². The van der Waals surface area contributed by atoms with Crippen LogP contribution in [0.1, 0.15) is 5.56 Å². The summed E-state index contributed by atoms with van der Waals surface area (Å²) in [5.74, 6) is 0.0474. The van der Waals surface area contributed by atoms with E-state index in [1.54, 1.807) is 31.1 Å². The fourth-order valence-corrected chi connectivity index (χ4v) is 2.28. The van der Waals surface area contributed by atoms with Gasteiger partial charge in [0.25, 0.3) is 0 Å².